The number of nitrogens with zero attached hydrogens (tertiary/aromatic N) is 2. The zero-order chi connectivity index (χ0) is 20.4. The molecule has 3 rings (SSSR count). The molecule has 0 unspecified atom stereocenters. The van der Waals surface area contributed by atoms with Gasteiger partial charge in [0.05, 0.1) is 23.7 Å². The molecule has 1 atom stereocenters. The molecule has 6 heteroatoms. The zero-order valence-corrected chi connectivity index (χ0v) is 16.2. The second-order valence-corrected chi connectivity index (χ2v) is 6.15. The molecule has 1 aromatic heterocycles. The van der Waals surface area contributed by atoms with Crippen LogP contribution in [0, 0.1) is 16.0 Å². The minimum absolute atomic E-state index is 0.0230. The van der Waals surface area contributed by atoms with Crippen molar-refractivity contribution in [1.82, 2.24) is 4.98 Å². The van der Waals surface area contributed by atoms with Crippen LogP contribution in [0.3, 0.4) is 0 Å². The van der Waals surface area contributed by atoms with Gasteiger partial charge < -0.3 is 9.84 Å². The molecule has 0 radical (unpaired) electrons. The first-order chi connectivity index (χ1) is 13.7. The maximum absolute atomic E-state index is 11.4. The van der Waals surface area contributed by atoms with Crippen molar-refractivity contribution >= 4 is 16.6 Å². The van der Waals surface area contributed by atoms with Crippen molar-refractivity contribution in [2.45, 2.75) is 26.9 Å². The number of ether oxygens (including phenoxy) is 1. The molecule has 0 amide bonds. The SMILES string of the molecule is CC.O=[N+]([O-])c1cnc2ccccc2c1C[C@H](CO)COCc1ccccc1. The fraction of sp³-hybridized carbons (Fsp3) is 0.318. The Morgan fingerprint density at radius 2 is 1.79 bits per heavy atom. The first-order valence-corrected chi connectivity index (χ1v) is 9.42. The summed E-state index contributed by atoms with van der Waals surface area (Å²) in [7, 11) is 0. The van der Waals surface area contributed by atoms with E-state index in [9.17, 15) is 15.2 Å². The molecule has 1 N–H and O–H groups in total. The third kappa shape index (κ3) is 5.58. The Kier molecular flexibility index (Phi) is 8.52. The number of hydrogen-bond donors (Lipinski definition) is 1. The molecule has 0 spiro atoms. The van der Waals surface area contributed by atoms with Gasteiger partial charge in [-0.2, -0.15) is 0 Å². The molecule has 148 valence electrons. The van der Waals surface area contributed by atoms with E-state index in [0.29, 0.717) is 30.7 Å². The van der Waals surface area contributed by atoms with E-state index in [2.05, 4.69) is 4.98 Å². The number of aromatic nitrogens is 1. The summed E-state index contributed by atoms with van der Waals surface area (Å²) >= 11 is 0. The lowest BCUT2D eigenvalue weighted by Gasteiger charge is -2.16. The fourth-order valence-electron chi connectivity index (χ4n) is 2.94. The highest BCUT2D eigenvalue weighted by atomic mass is 16.6. The van der Waals surface area contributed by atoms with Crippen LogP contribution in [0.4, 0.5) is 5.69 Å². The summed E-state index contributed by atoms with van der Waals surface area (Å²) in [6.45, 7) is 4.65. The average molecular weight is 382 g/mol. The highest BCUT2D eigenvalue weighted by molar-refractivity contribution is 5.85. The molecule has 28 heavy (non-hydrogen) atoms. The molecule has 0 fully saturated rings. The average Bonchev–Trinajstić information content (AvgIpc) is 2.75. The summed E-state index contributed by atoms with van der Waals surface area (Å²) in [6.07, 6.45) is 1.64. The summed E-state index contributed by atoms with van der Waals surface area (Å²) in [5.74, 6) is -0.233. The lowest BCUT2D eigenvalue weighted by molar-refractivity contribution is -0.385. The van der Waals surface area contributed by atoms with Gasteiger partial charge in [-0.25, -0.2) is 4.98 Å². The van der Waals surface area contributed by atoms with Crippen molar-refractivity contribution in [3.8, 4) is 0 Å². The van der Waals surface area contributed by atoms with E-state index in [0.717, 1.165) is 10.9 Å². The van der Waals surface area contributed by atoms with E-state index >= 15 is 0 Å². The van der Waals surface area contributed by atoms with Gasteiger partial charge in [0.15, 0.2) is 0 Å². The molecular formula is C22H26N2O4. The van der Waals surface area contributed by atoms with E-state index in [4.69, 9.17) is 4.74 Å². The Hall–Kier alpha value is -2.83. The van der Waals surface area contributed by atoms with Crippen LogP contribution >= 0.6 is 0 Å². The second kappa shape index (κ2) is 11.1. The molecule has 6 nitrogen and oxygen atoms in total. The van der Waals surface area contributed by atoms with E-state index in [1.807, 2.05) is 68.4 Å². The molecule has 0 bridgehead atoms. The van der Waals surface area contributed by atoms with Crippen molar-refractivity contribution in [2.24, 2.45) is 5.92 Å². The molecule has 2 aromatic carbocycles. The standard InChI is InChI=1S/C20H20N2O4.C2H6/c23-12-16(14-26-13-15-6-2-1-3-7-15)10-18-17-8-4-5-9-19(17)21-11-20(18)22(24)25;1-2/h1-9,11,16,23H,10,12-14H2;1-2H3/t16-;/m1./s1. The number of rotatable bonds is 8. The lowest BCUT2D eigenvalue weighted by Crippen LogP contribution is -2.18. The Morgan fingerprint density at radius 1 is 1.11 bits per heavy atom. The molecule has 0 saturated heterocycles. The number of para-hydroxylation sites is 1. The third-order valence-corrected chi connectivity index (χ3v) is 4.28. The van der Waals surface area contributed by atoms with Crippen molar-refractivity contribution in [1.29, 1.82) is 0 Å². The van der Waals surface area contributed by atoms with Gasteiger partial charge >= 0.3 is 0 Å². The van der Waals surface area contributed by atoms with E-state index in [1.165, 1.54) is 6.20 Å². The van der Waals surface area contributed by atoms with Crippen LogP contribution in [0.5, 0.6) is 0 Å². The number of hydrogen-bond acceptors (Lipinski definition) is 5. The molecule has 3 aromatic rings. The first-order valence-electron chi connectivity index (χ1n) is 9.42. The van der Waals surface area contributed by atoms with Crippen LogP contribution < -0.4 is 0 Å². The minimum Gasteiger partial charge on any atom is -0.396 e. The van der Waals surface area contributed by atoms with Gasteiger partial charge in [-0.3, -0.25) is 10.1 Å². The fourth-order valence-corrected chi connectivity index (χ4v) is 2.94. The van der Waals surface area contributed by atoms with Crippen molar-refractivity contribution < 1.29 is 14.8 Å². The summed E-state index contributed by atoms with van der Waals surface area (Å²) < 4.78 is 5.71. The highest BCUT2D eigenvalue weighted by Crippen LogP contribution is 2.28. The normalized spacial score (nSPS) is 11.5. The number of pyridine rings is 1. The topological polar surface area (TPSA) is 85.5 Å². The van der Waals surface area contributed by atoms with Crippen LogP contribution in [0.1, 0.15) is 25.0 Å². The highest BCUT2D eigenvalue weighted by Gasteiger charge is 2.21. The lowest BCUT2D eigenvalue weighted by atomic mass is 9.96. The predicted molar refractivity (Wildman–Crippen MR) is 110 cm³/mol. The Balaban J connectivity index is 0.00000136. The smallest absolute Gasteiger partial charge is 0.291 e. The molecule has 0 saturated carbocycles. The molecule has 0 aliphatic carbocycles. The van der Waals surface area contributed by atoms with Gasteiger partial charge in [-0.05, 0) is 18.1 Å². The van der Waals surface area contributed by atoms with Crippen LogP contribution in [0.15, 0.2) is 60.8 Å². The second-order valence-electron chi connectivity index (χ2n) is 6.15. The summed E-state index contributed by atoms with van der Waals surface area (Å²) in [4.78, 5) is 15.1. The maximum atomic E-state index is 11.4. The minimum atomic E-state index is -0.423. The van der Waals surface area contributed by atoms with Crippen LogP contribution in [0.2, 0.25) is 0 Å². The number of benzene rings is 2. The number of aliphatic hydroxyl groups excluding tert-OH is 1. The van der Waals surface area contributed by atoms with Gasteiger partial charge in [0.2, 0.25) is 0 Å². The Labute approximate surface area is 165 Å². The molecular weight excluding hydrogens is 356 g/mol. The van der Waals surface area contributed by atoms with Crippen molar-refractivity contribution in [3.63, 3.8) is 0 Å². The van der Waals surface area contributed by atoms with Gasteiger partial charge in [-0.15, -0.1) is 0 Å². The third-order valence-electron chi connectivity index (χ3n) is 4.28. The summed E-state index contributed by atoms with van der Waals surface area (Å²) in [6, 6.07) is 17.1. The zero-order valence-electron chi connectivity index (χ0n) is 16.2. The van der Waals surface area contributed by atoms with Crippen LogP contribution in [-0.4, -0.2) is 28.2 Å². The molecule has 0 aliphatic rings. The number of fused-ring (bicyclic) bond motifs is 1. The Bertz CT molecular complexity index is 884. The summed E-state index contributed by atoms with van der Waals surface area (Å²) in [5.41, 5.74) is 2.31. The van der Waals surface area contributed by atoms with Crippen molar-refractivity contribution in [2.75, 3.05) is 13.2 Å². The summed E-state index contributed by atoms with van der Waals surface area (Å²) in [5, 5.41) is 21.9. The van der Waals surface area contributed by atoms with Crippen LogP contribution in [0.25, 0.3) is 10.9 Å². The Morgan fingerprint density at radius 3 is 2.46 bits per heavy atom. The first kappa shape index (κ1) is 21.5. The quantitative estimate of drug-likeness (QED) is 0.457. The van der Waals surface area contributed by atoms with Gasteiger partial charge in [0, 0.05) is 23.5 Å². The number of aliphatic hydroxyl groups is 1. The van der Waals surface area contributed by atoms with E-state index < -0.39 is 4.92 Å². The van der Waals surface area contributed by atoms with E-state index in [1.54, 1.807) is 0 Å². The molecule has 0 aliphatic heterocycles. The van der Waals surface area contributed by atoms with Gasteiger partial charge in [0.1, 0.15) is 6.20 Å². The maximum Gasteiger partial charge on any atom is 0.291 e. The molecule has 1 heterocycles. The van der Waals surface area contributed by atoms with Crippen molar-refractivity contribution in [3.05, 3.63) is 82.0 Å². The van der Waals surface area contributed by atoms with Gasteiger partial charge in [0.25, 0.3) is 5.69 Å². The van der Waals surface area contributed by atoms with E-state index in [-0.39, 0.29) is 18.2 Å². The monoisotopic (exact) mass is 382 g/mol. The largest absolute Gasteiger partial charge is 0.396 e. The van der Waals surface area contributed by atoms with Gasteiger partial charge in [-0.1, -0.05) is 62.4 Å². The predicted octanol–water partition coefficient (Wildman–Crippen LogP) is 4.54. The van der Waals surface area contributed by atoms with Crippen LogP contribution in [-0.2, 0) is 17.8 Å². The number of nitro groups is 1.